The molecular weight excluding hydrogens is 384 g/mol. The molecule has 0 aliphatic heterocycles. The van der Waals surface area contributed by atoms with Gasteiger partial charge in [-0.15, -0.1) is 0 Å². The van der Waals surface area contributed by atoms with E-state index in [0.29, 0.717) is 5.69 Å². The van der Waals surface area contributed by atoms with E-state index in [1.165, 1.54) is 4.68 Å². The van der Waals surface area contributed by atoms with Crippen LogP contribution in [0.2, 0.25) is 0 Å². The average molecular weight is 404 g/mol. The number of nitrogens with zero attached hydrogens (tertiary/aromatic N) is 4. The van der Waals surface area contributed by atoms with Crippen molar-refractivity contribution in [3.05, 3.63) is 33.3 Å². The molecule has 0 spiro atoms. The van der Waals surface area contributed by atoms with Crippen LogP contribution < -0.4 is 5.32 Å². The maximum atomic E-state index is 12.9. The number of hydrogen-bond acceptors (Lipinski definition) is 3. The Morgan fingerprint density at radius 3 is 2.38 bits per heavy atom. The van der Waals surface area contributed by atoms with E-state index in [1.807, 2.05) is 20.9 Å². The van der Waals surface area contributed by atoms with Crippen LogP contribution in [0.5, 0.6) is 0 Å². The SMILES string of the molecule is Cc1c([C@H](C)NC(=O)[C@@H](C)n2nc(C(F)F)c(Br)c2C)cnn1C. The topological polar surface area (TPSA) is 64.7 Å². The summed E-state index contributed by atoms with van der Waals surface area (Å²) in [6, 6.07) is -0.962. The van der Waals surface area contributed by atoms with E-state index in [9.17, 15) is 13.6 Å². The lowest BCUT2D eigenvalue weighted by atomic mass is 10.1. The lowest BCUT2D eigenvalue weighted by Gasteiger charge is -2.19. The van der Waals surface area contributed by atoms with Crippen molar-refractivity contribution < 1.29 is 13.6 Å². The molecule has 0 saturated carbocycles. The summed E-state index contributed by atoms with van der Waals surface area (Å²) < 4.78 is 29.2. The zero-order valence-corrected chi connectivity index (χ0v) is 15.7. The molecule has 6 nitrogen and oxygen atoms in total. The van der Waals surface area contributed by atoms with Gasteiger partial charge in [0, 0.05) is 18.3 Å². The zero-order valence-electron chi connectivity index (χ0n) is 14.1. The minimum absolute atomic E-state index is 0.230. The van der Waals surface area contributed by atoms with Gasteiger partial charge in [0.25, 0.3) is 6.43 Å². The summed E-state index contributed by atoms with van der Waals surface area (Å²) in [7, 11) is 1.83. The second-order valence-corrected chi connectivity index (χ2v) is 6.54. The first-order valence-corrected chi connectivity index (χ1v) is 8.26. The fourth-order valence-corrected chi connectivity index (χ4v) is 2.94. The fourth-order valence-electron chi connectivity index (χ4n) is 2.50. The highest BCUT2D eigenvalue weighted by Gasteiger charge is 2.26. The van der Waals surface area contributed by atoms with Gasteiger partial charge in [-0.1, -0.05) is 0 Å². The summed E-state index contributed by atoms with van der Waals surface area (Å²) in [5.74, 6) is -0.301. The predicted molar refractivity (Wildman–Crippen MR) is 88.8 cm³/mol. The van der Waals surface area contributed by atoms with Crippen LogP contribution in [-0.4, -0.2) is 25.5 Å². The van der Waals surface area contributed by atoms with Gasteiger partial charge in [-0.25, -0.2) is 8.78 Å². The third-order valence-corrected chi connectivity index (χ3v) is 5.13. The van der Waals surface area contributed by atoms with Crippen LogP contribution in [-0.2, 0) is 11.8 Å². The van der Waals surface area contributed by atoms with Gasteiger partial charge < -0.3 is 5.32 Å². The van der Waals surface area contributed by atoms with Crippen molar-refractivity contribution in [3.8, 4) is 0 Å². The van der Waals surface area contributed by atoms with E-state index in [0.717, 1.165) is 11.3 Å². The molecule has 0 aromatic carbocycles. The van der Waals surface area contributed by atoms with Crippen LogP contribution >= 0.6 is 15.9 Å². The first-order chi connectivity index (χ1) is 11.1. The number of halogens is 3. The van der Waals surface area contributed by atoms with Crippen LogP contribution in [0.25, 0.3) is 0 Å². The summed E-state index contributed by atoms with van der Waals surface area (Å²) in [5, 5.41) is 10.9. The van der Waals surface area contributed by atoms with Crippen molar-refractivity contribution in [1.82, 2.24) is 24.9 Å². The minimum atomic E-state index is -2.70. The summed E-state index contributed by atoms with van der Waals surface area (Å²) in [5.41, 5.74) is 1.99. The van der Waals surface area contributed by atoms with Gasteiger partial charge in [-0.3, -0.25) is 14.2 Å². The normalized spacial score (nSPS) is 14.0. The standard InChI is InChI=1S/C15H20BrF2N5O/c1-7(11-6-19-22(5)8(11)2)20-15(24)10(4)23-9(3)12(16)13(21-23)14(17)18/h6-7,10,14H,1-5H3,(H,20,24)/t7-,10+/m0/s1. The second kappa shape index (κ2) is 7.00. The van der Waals surface area contributed by atoms with Crippen molar-refractivity contribution in [2.75, 3.05) is 0 Å². The Morgan fingerprint density at radius 2 is 1.92 bits per heavy atom. The molecule has 2 rings (SSSR count). The molecule has 2 aromatic heterocycles. The molecule has 1 N–H and O–H groups in total. The molecule has 0 bridgehead atoms. The Kier molecular flexibility index (Phi) is 5.42. The van der Waals surface area contributed by atoms with Crippen molar-refractivity contribution in [3.63, 3.8) is 0 Å². The smallest absolute Gasteiger partial charge is 0.283 e. The minimum Gasteiger partial charge on any atom is -0.348 e. The third-order valence-electron chi connectivity index (χ3n) is 4.15. The van der Waals surface area contributed by atoms with Crippen LogP contribution in [0.15, 0.2) is 10.7 Å². The maximum Gasteiger partial charge on any atom is 0.283 e. The molecule has 0 radical (unpaired) electrons. The molecule has 9 heteroatoms. The number of aromatic nitrogens is 4. The molecule has 24 heavy (non-hydrogen) atoms. The highest BCUT2D eigenvalue weighted by atomic mass is 79.9. The molecule has 2 atom stereocenters. The van der Waals surface area contributed by atoms with Crippen LogP contribution in [0.4, 0.5) is 8.78 Å². The van der Waals surface area contributed by atoms with E-state index < -0.39 is 12.5 Å². The molecule has 0 aliphatic carbocycles. The molecule has 1 amide bonds. The van der Waals surface area contributed by atoms with E-state index in [4.69, 9.17) is 0 Å². The Bertz CT molecular complexity index is 755. The molecule has 2 aromatic rings. The number of aryl methyl sites for hydroxylation is 1. The lowest BCUT2D eigenvalue weighted by molar-refractivity contribution is -0.124. The lowest BCUT2D eigenvalue weighted by Crippen LogP contribution is -2.34. The van der Waals surface area contributed by atoms with Gasteiger partial charge in [0.15, 0.2) is 0 Å². The number of alkyl halides is 2. The van der Waals surface area contributed by atoms with Crippen LogP contribution in [0.3, 0.4) is 0 Å². The Hall–Kier alpha value is -1.77. The van der Waals surface area contributed by atoms with Gasteiger partial charge in [0.2, 0.25) is 5.91 Å². The molecule has 0 aliphatic rings. The second-order valence-electron chi connectivity index (χ2n) is 5.75. The summed E-state index contributed by atoms with van der Waals surface area (Å²) in [4.78, 5) is 12.5. The van der Waals surface area contributed by atoms with Crippen molar-refractivity contribution >= 4 is 21.8 Å². The quantitative estimate of drug-likeness (QED) is 0.831. The largest absolute Gasteiger partial charge is 0.348 e. The number of carbonyl (C=O) groups excluding carboxylic acids is 1. The summed E-state index contributed by atoms with van der Waals surface area (Å²) in [6.45, 7) is 7.03. The van der Waals surface area contributed by atoms with Crippen molar-refractivity contribution in [2.45, 2.75) is 46.2 Å². The fraction of sp³-hybridized carbons (Fsp3) is 0.533. The van der Waals surface area contributed by atoms with Crippen molar-refractivity contribution in [1.29, 1.82) is 0 Å². The first-order valence-electron chi connectivity index (χ1n) is 7.46. The predicted octanol–water partition coefficient (Wildman–Crippen LogP) is 3.37. The molecular formula is C15H20BrF2N5O. The highest BCUT2D eigenvalue weighted by Crippen LogP contribution is 2.30. The van der Waals surface area contributed by atoms with Crippen LogP contribution in [0, 0.1) is 13.8 Å². The number of hydrogen-bond donors (Lipinski definition) is 1. The van der Waals surface area contributed by atoms with Crippen LogP contribution in [0.1, 0.15) is 55.0 Å². The third kappa shape index (κ3) is 3.35. The zero-order chi connectivity index (χ0) is 18.2. The summed E-state index contributed by atoms with van der Waals surface area (Å²) in [6.07, 6.45) is -0.998. The monoisotopic (exact) mass is 403 g/mol. The molecule has 132 valence electrons. The van der Waals surface area contributed by atoms with E-state index in [2.05, 4.69) is 31.4 Å². The molecule has 0 fully saturated rings. The Morgan fingerprint density at radius 1 is 1.29 bits per heavy atom. The van der Waals surface area contributed by atoms with Gasteiger partial charge in [-0.2, -0.15) is 10.2 Å². The molecule has 0 unspecified atom stereocenters. The first kappa shape index (κ1) is 18.6. The van der Waals surface area contributed by atoms with Crippen molar-refractivity contribution in [2.24, 2.45) is 7.05 Å². The average Bonchev–Trinajstić information content (AvgIpc) is 3.00. The number of rotatable bonds is 5. The number of nitrogens with one attached hydrogen (secondary N) is 1. The maximum absolute atomic E-state index is 12.9. The Labute approximate surface area is 147 Å². The number of amides is 1. The summed E-state index contributed by atoms with van der Waals surface area (Å²) >= 11 is 3.11. The van der Waals surface area contributed by atoms with Gasteiger partial charge in [-0.05, 0) is 43.6 Å². The van der Waals surface area contributed by atoms with Gasteiger partial charge in [0.05, 0.1) is 22.4 Å². The van der Waals surface area contributed by atoms with E-state index in [-0.39, 0.29) is 22.1 Å². The van der Waals surface area contributed by atoms with Gasteiger partial charge in [0.1, 0.15) is 11.7 Å². The van der Waals surface area contributed by atoms with E-state index in [1.54, 1.807) is 24.7 Å². The van der Waals surface area contributed by atoms with E-state index >= 15 is 0 Å². The van der Waals surface area contributed by atoms with Gasteiger partial charge >= 0.3 is 0 Å². The Balaban J connectivity index is 2.18. The molecule has 2 heterocycles. The highest BCUT2D eigenvalue weighted by molar-refractivity contribution is 9.10. The molecule has 0 saturated heterocycles. The number of carbonyl (C=O) groups is 1.